The first kappa shape index (κ1) is 14.6. The summed E-state index contributed by atoms with van der Waals surface area (Å²) >= 11 is 5.94. The number of nitrogens with one attached hydrogen (secondary N) is 1. The lowest BCUT2D eigenvalue weighted by molar-refractivity contribution is 0.453. The van der Waals surface area contributed by atoms with Gasteiger partial charge in [-0.05, 0) is 12.8 Å². The van der Waals surface area contributed by atoms with Crippen molar-refractivity contribution in [2.24, 2.45) is 0 Å². The minimum atomic E-state index is -0.295. The Labute approximate surface area is 138 Å². The molecule has 2 fully saturated rings. The molecule has 0 aliphatic carbocycles. The second-order valence-corrected chi connectivity index (χ2v) is 6.15. The lowest BCUT2D eigenvalue weighted by atomic mass is 10.3. The van der Waals surface area contributed by atoms with E-state index in [1.54, 1.807) is 0 Å². The zero-order chi connectivity index (χ0) is 15.8. The number of aromatic hydroxyl groups is 1. The van der Waals surface area contributed by atoms with Crippen molar-refractivity contribution in [1.29, 1.82) is 0 Å². The molecule has 0 spiro atoms. The zero-order valence-corrected chi connectivity index (χ0v) is 13.4. The van der Waals surface area contributed by atoms with Crippen molar-refractivity contribution in [1.82, 2.24) is 25.3 Å². The molecule has 2 aliphatic heterocycles. The van der Waals surface area contributed by atoms with E-state index in [1.807, 2.05) is 0 Å². The van der Waals surface area contributed by atoms with Crippen LogP contribution >= 0.6 is 11.6 Å². The smallest absolute Gasteiger partial charge is 0.251 e. The Morgan fingerprint density at radius 2 is 1.65 bits per heavy atom. The molecule has 4 rings (SSSR count). The van der Waals surface area contributed by atoms with Crippen LogP contribution in [0.15, 0.2) is 0 Å². The van der Waals surface area contributed by atoms with E-state index in [2.05, 4.69) is 30.1 Å². The molecule has 0 saturated carbocycles. The van der Waals surface area contributed by atoms with E-state index >= 15 is 0 Å². The van der Waals surface area contributed by atoms with Crippen molar-refractivity contribution >= 4 is 34.5 Å². The highest BCUT2D eigenvalue weighted by atomic mass is 35.5. The number of halogens is 1. The Morgan fingerprint density at radius 3 is 2.39 bits per heavy atom. The Bertz CT molecular complexity index is 729. The molecule has 4 heterocycles. The summed E-state index contributed by atoms with van der Waals surface area (Å²) in [5, 5.41) is 13.1. The molecule has 2 saturated heterocycles. The fraction of sp³-hybridized carbons (Fsp3) is 0.571. The van der Waals surface area contributed by atoms with E-state index in [-0.39, 0.29) is 11.0 Å². The third kappa shape index (κ3) is 2.72. The summed E-state index contributed by atoms with van der Waals surface area (Å²) in [5.41, 5.74) is 0.936. The second-order valence-electron chi connectivity index (χ2n) is 5.79. The predicted octanol–water partition coefficient (Wildman–Crippen LogP) is 0.789. The zero-order valence-electron chi connectivity index (χ0n) is 12.7. The van der Waals surface area contributed by atoms with E-state index in [9.17, 15) is 5.11 Å². The van der Waals surface area contributed by atoms with Crippen molar-refractivity contribution in [3.05, 3.63) is 5.15 Å². The summed E-state index contributed by atoms with van der Waals surface area (Å²) in [6.45, 7) is 5.37. The molecule has 23 heavy (non-hydrogen) atoms. The fourth-order valence-corrected chi connectivity index (χ4v) is 3.18. The standard InChI is InChI=1S/C14H18ClN7O/c15-10-13(23)18-11-9(17-10)12(21-5-1-2-6-21)20-14(19-11)22-7-3-16-4-8-22/h16H,1-8H2,(H,18,19,20,23). The maximum atomic E-state index is 9.77. The lowest BCUT2D eigenvalue weighted by Crippen LogP contribution is -2.44. The topological polar surface area (TPSA) is 90.3 Å². The Kier molecular flexibility index (Phi) is 3.78. The summed E-state index contributed by atoms with van der Waals surface area (Å²) in [5.74, 6) is 1.10. The first-order valence-electron chi connectivity index (χ1n) is 7.87. The van der Waals surface area contributed by atoms with Gasteiger partial charge in [0.2, 0.25) is 5.95 Å². The van der Waals surface area contributed by atoms with E-state index in [0.717, 1.165) is 57.9 Å². The van der Waals surface area contributed by atoms with Gasteiger partial charge in [0.1, 0.15) is 0 Å². The Morgan fingerprint density at radius 1 is 0.913 bits per heavy atom. The molecule has 0 amide bonds. The molecular weight excluding hydrogens is 318 g/mol. The van der Waals surface area contributed by atoms with Gasteiger partial charge in [-0.15, -0.1) is 0 Å². The van der Waals surface area contributed by atoms with Crippen LogP contribution in [0.5, 0.6) is 5.88 Å². The third-order valence-electron chi connectivity index (χ3n) is 4.25. The molecule has 0 radical (unpaired) electrons. The third-order valence-corrected chi connectivity index (χ3v) is 4.50. The van der Waals surface area contributed by atoms with Crippen LogP contribution in [-0.2, 0) is 0 Å². The summed E-state index contributed by atoms with van der Waals surface area (Å²) in [6, 6.07) is 0. The summed E-state index contributed by atoms with van der Waals surface area (Å²) in [4.78, 5) is 21.9. The molecular formula is C14H18ClN7O. The van der Waals surface area contributed by atoms with Gasteiger partial charge in [-0.3, -0.25) is 0 Å². The molecule has 0 unspecified atom stereocenters. The van der Waals surface area contributed by atoms with Gasteiger partial charge < -0.3 is 20.2 Å². The average Bonchev–Trinajstić information content (AvgIpc) is 3.10. The van der Waals surface area contributed by atoms with Crippen LogP contribution in [0.2, 0.25) is 5.15 Å². The van der Waals surface area contributed by atoms with Crippen molar-refractivity contribution in [3.63, 3.8) is 0 Å². The second kappa shape index (κ2) is 5.93. The number of hydrogen-bond acceptors (Lipinski definition) is 8. The largest absolute Gasteiger partial charge is 0.491 e. The van der Waals surface area contributed by atoms with Crippen LogP contribution in [0.3, 0.4) is 0 Å². The molecule has 0 bridgehead atoms. The molecule has 8 nitrogen and oxygen atoms in total. The van der Waals surface area contributed by atoms with Crippen LogP contribution in [0.4, 0.5) is 11.8 Å². The number of fused-ring (bicyclic) bond motifs is 1. The van der Waals surface area contributed by atoms with Crippen LogP contribution in [0.1, 0.15) is 12.8 Å². The quantitative estimate of drug-likeness (QED) is 0.832. The summed E-state index contributed by atoms with van der Waals surface area (Å²) in [7, 11) is 0. The highest BCUT2D eigenvalue weighted by molar-refractivity contribution is 6.31. The first-order chi connectivity index (χ1) is 11.2. The van der Waals surface area contributed by atoms with E-state index in [4.69, 9.17) is 16.6 Å². The van der Waals surface area contributed by atoms with Gasteiger partial charge in [0.05, 0.1) is 0 Å². The van der Waals surface area contributed by atoms with Crippen molar-refractivity contribution in [3.8, 4) is 5.88 Å². The van der Waals surface area contributed by atoms with Crippen LogP contribution in [-0.4, -0.2) is 64.3 Å². The normalized spacial score (nSPS) is 18.8. The first-order valence-corrected chi connectivity index (χ1v) is 8.25. The molecule has 0 atom stereocenters. The van der Waals surface area contributed by atoms with Gasteiger partial charge in [-0.1, -0.05) is 11.6 Å². The van der Waals surface area contributed by atoms with E-state index in [0.29, 0.717) is 17.1 Å². The highest BCUT2D eigenvalue weighted by Crippen LogP contribution is 2.30. The molecule has 2 aromatic rings. The van der Waals surface area contributed by atoms with Gasteiger partial charge in [-0.2, -0.15) is 15.0 Å². The Hall–Kier alpha value is -1.93. The highest BCUT2D eigenvalue weighted by Gasteiger charge is 2.23. The molecule has 9 heteroatoms. The molecule has 2 aromatic heterocycles. The average molecular weight is 336 g/mol. The maximum absolute atomic E-state index is 9.77. The maximum Gasteiger partial charge on any atom is 0.251 e. The van der Waals surface area contributed by atoms with Gasteiger partial charge in [0, 0.05) is 39.3 Å². The number of aromatic nitrogens is 4. The SMILES string of the molecule is Oc1nc2nc(N3CCNCC3)nc(N3CCCC3)c2nc1Cl. The number of rotatable bonds is 2. The van der Waals surface area contributed by atoms with Gasteiger partial charge in [-0.25, -0.2) is 4.98 Å². The molecule has 0 aromatic carbocycles. The van der Waals surface area contributed by atoms with Crippen LogP contribution < -0.4 is 15.1 Å². The number of hydrogen-bond donors (Lipinski definition) is 2. The Balaban J connectivity index is 1.86. The molecule has 2 N–H and O–H groups in total. The van der Waals surface area contributed by atoms with Crippen molar-refractivity contribution in [2.45, 2.75) is 12.8 Å². The number of piperazine rings is 1. The number of nitrogens with zero attached hydrogens (tertiary/aromatic N) is 6. The molecule has 2 aliphatic rings. The minimum Gasteiger partial charge on any atom is -0.491 e. The lowest BCUT2D eigenvalue weighted by Gasteiger charge is -2.28. The van der Waals surface area contributed by atoms with Gasteiger partial charge >= 0.3 is 0 Å². The van der Waals surface area contributed by atoms with E-state index in [1.165, 1.54) is 0 Å². The fourth-order valence-electron chi connectivity index (χ4n) is 3.05. The number of anilines is 2. The van der Waals surface area contributed by atoms with Gasteiger partial charge in [0.25, 0.3) is 5.88 Å². The van der Waals surface area contributed by atoms with Crippen molar-refractivity contribution in [2.75, 3.05) is 49.1 Å². The molecule has 122 valence electrons. The van der Waals surface area contributed by atoms with Gasteiger partial charge in [0.15, 0.2) is 22.1 Å². The summed E-state index contributed by atoms with van der Waals surface area (Å²) < 4.78 is 0. The summed E-state index contributed by atoms with van der Waals surface area (Å²) in [6.07, 6.45) is 2.27. The predicted molar refractivity (Wildman–Crippen MR) is 88.3 cm³/mol. The van der Waals surface area contributed by atoms with E-state index < -0.39 is 0 Å². The monoisotopic (exact) mass is 335 g/mol. The van der Waals surface area contributed by atoms with Crippen molar-refractivity contribution < 1.29 is 5.11 Å². The van der Waals surface area contributed by atoms with Crippen LogP contribution in [0, 0.1) is 0 Å². The minimum absolute atomic E-state index is 0.0172. The van der Waals surface area contributed by atoms with Crippen LogP contribution in [0.25, 0.3) is 11.2 Å².